The van der Waals surface area contributed by atoms with Crippen LogP contribution in [0, 0.1) is 54.0 Å². The van der Waals surface area contributed by atoms with Gasteiger partial charge in [-0.3, -0.25) is 33.3 Å². The molecule has 0 radical (unpaired) electrons. The Bertz CT molecular complexity index is 4910. The van der Waals surface area contributed by atoms with E-state index in [4.69, 9.17) is 28.4 Å². The van der Waals surface area contributed by atoms with Crippen LogP contribution in [0.1, 0.15) is 86.8 Å². The monoisotopic (exact) mass is 1620 g/mol. The van der Waals surface area contributed by atoms with Crippen LogP contribution in [0.25, 0.3) is 10.9 Å². The maximum atomic E-state index is 13.5. The summed E-state index contributed by atoms with van der Waals surface area (Å²) in [7, 11) is 7.87. The largest absolute Gasteiger partial charge is 0.497 e. The Hall–Kier alpha value is -12.2. The SMILES string of the molecule is C=CC1CN2CCC1CC2[C@H](O)c1ccnc2ccccc12.COc1cc2c(cc1OC)[C@@]13CCN4CC5=CCO[C@H]6CC(=O)N2C1[C@H]6[C@H]5C[C@H]43.COc1ccc(C(C)(C(=O)O)n2cnc([N+](=O)[O-])c2)cc1.COc1ccc([C@](C)(C(=O)O)n2cnc([N+](=O)[O-])c2)cc1.COc1ccc([C@](C)(C(=O)O)n2cnc([N+](=O)[O-])c2)cc1.Cl.O. The summed E-state index contributed by atoms with van der Waals surface area (Å²) in [5.74, 6) is 0.920. The molecule has 7 fully saturated rings. The molecule has 5 aromatic carbocycles. The summed E-state index contributed by atoms with van der Waals surface area (Å²) in [6, 6.07) is 34.5. The van der Waals surface area contributed by atoms with Crippen molar-refractivity contribution in [3.05, 3.63) is 241 Å². The Kier molecular flexibility index (Phi) is 24.9. The van der Waals surface area contributed by atoms with Crippen molar-refractivity contribution in [2.45, 2.75) is 105 Å². The molecule has 14 atom stereocenters. The predicted octanol–water partition coefficient (Wildman–Crippen LogP) is 9.82. The fourth-order valence-corrected chi connectivity index (χ4v) is 18.0. The summed E-state index contributed by atoms with van der Waals surface area (Å²) in [6.07, 6.45) is 17.6. The number of halogens is 1. The molecule has 6 saturated heterocycles. The fraction of sp³-hybridized carbons (Fsp3) is 0.383. The number of hydrogen-bond acceptors (Lipinski definition) is 23. The van der Waals surface area contributed by atoms with Crippen molar-refractivity contribution in [2.75, 3.05) is 73.2 Å². The molecular formula is C81H90ClN13O21. The zero-order valence-corrected chi connectivity index (χ0v) is 65.5. The van der Waals surface area contributed by atoms with Crippen molar-refractivity contribution in [3.8, 4) is 28.7 Å². The van der Waals surface area contributed by atoms with Gasteiger partial charge in [0.25, 0.3) is 0 Å². The standard InChI is InChI=1S/C23H26N2O4.C19H22N2O.3C13H13N3O5.ClH.H2O/c1-27-16-8-14-15(9-17(16)28-2)25-20(26)10-18-21-13-7-19-23(14,22(21)25)4-5-24(19)11-12(13)3-6-29-18;1-2-13-12-21-10-8-14(13)11-18(21)19(22)16-7-9-20-17-6-4-3-5-15(16)17;3*1-13(12(17)18,9-3-5-10(21-2)6-4-9)15-7-11(14-8-15)16(19)20;;/h3,8-9,13,18-19,21-22H,4-7,10-11H2,1-2H3;2-7,9,13-14,18-19,22H,1,8,10-12H2;3*3-8H,1-2H3,(H,17,18);1H;1H2/t13-,18-,19-,21-,22?,23+;13?,14?,18?,19-;2*13-;;;/m0111.../s1. The van der Waals surface area contributed by atoms with Gasteiger partial charge in [-0.2, -0.15) is 0 Å². The maximum Gasteiger partial charge on any atom is 0.381 e. The molecule has 1 aliphatic carbocycles. The number of aromatic nitrogens is 7. The van der Waals surface area contributed by atoms with E-state index in [9.17, 15) is 69.9 Å². The lowest BCUT2D eigenvalue weighted by Crippen LogP contribution is -2.69. The molecule has 34 nitrogen and oxygen atoms in total. The number of ether oxygens (including phenoxy) is 6. The van der Waals surface area contributed by atoms with E-state index in [0.717, 1.165) is 104 Å². The second-order valence-corrected chi connectivity index (χ2v) is 29.6. The van der Waals surface area contributed by atoms with Gasteiger partial charge in [0.05, 0.1) is 78.0 Å². The Morgan fingerprint density at radius 1 is 0.655 bits per heavy atom. The molecule has 116 heavy (non-hydrogen) atoms. The van der Waals surface area contributed by atoms with Crippen LogP contribution >= 0.6 is 12.4 Å². The smallest absolute Gasteiger partial charge is 0.381 e. The number of methoxy groups -OCH3 is 5. The number of aliphatic carboxylic acids is 3. The highest BCUT2D eigenvalue weighted by molar-refractivity contribution is 6.00. The number of imidazole rings is 3. The number of fused-ring (bicyclic) bond motifs is 6. The van der Waals surface area contributed by atoms with Crippen LogP contribution in [0.3, 0.4) is 0 Å². The summed E-state index contributed by atoms with van der Waals surface area (Å²) in [6.45, 7) is 13.3. The number of piperidine rings is 5. The molecule has 9 aliphatic rings. The molecule has 35 heteroatoms. The number of carbonyl (C=O) groups is 4. The Labute approximate surface area is 671 Å². The number of pyridine rings is 1. The molecule has 6 unspecified atom stereocenters. The molecule has 12 heterocycles. The first kappa shape index (κ1) is 84.7. The van der Waals surface area contributed by atoms with Crippen LogP contribution in [0.2, 0.25) is 0 Å². The number of carboxylic acid groups (broad SMARTS) is 3. The summed E-state index contributed by atoms with van der Waals surface area (Å²) < 4.78 is 36.3. The lowest BCUT2D eigenvalue weighted by molar-refractivity contribution is -0.389. The van der Waals surface area contributed by atoms with Gasteiger partial charge in [-0.15, -0.1) is 19.0 Å². The molecule has 4 bridgehead atoms. The summed E-state index contributed by atoms with van der Waals surface area (Å²) in [5, 5.41) is 72.9. The number of carboxylic acids is 3. The van der Waals surface area contributed by atoms with Crippen molar-refractivity contribution in [1.29, 1.82) is 0 Å². The highest BCUT2D eigenvalue weighted by Crippen LogP contribution is 2.67. The van der Waals surface area contributed by atoms with Crippen LogP contribution in [-0.4, -0.2) is 200 Å². The minimum Gasteiger partial charge on any atom is -0.497 e. The van der Waals surface area contributed by atoms with Gasteiger partial charge in [-0.25, -0.2) is 14.4 Å². The zero-order chi connectivity index (χ0) is 81.5. The second-order valence-electron chi connectivity index (χ2n) is 29.6. The van der Waals surface area contributed by atoms with E-state index in [2.05, 4.69) is 65.5 Å². The number of carbonyl (C=O) groups excluding carboxylic acids is 1. The summed E-state index contributed by atoms with van der Waals surface area (Å²) in [4.78, 5) is 101. The number of anilines is 1. The highest BCUT2D eigenvalue weighted by Gasteiger charge is 2.71. The van der Waals surface area contributed by atoms with Gasteiger partial charge in [0, 0.05) is 54.2 Å². The minimum absolute atomic E-state index is 0. The lowest BCUT2D eigenvalue weighted by Gasteiger charge is -2.58. The first-order chi connectivity index (χ1) is 54.6. The number of aliphatic hydroxyl groups is 1. The van der Waals surface area contributed by atoms with E-state index in [-0.39, 0.29) is 47.4 Å². The topological polar surface area (TPSA) is 442 Å². The number of nitrogens with zero attached hydrogens (tertiary/aromatic N) is 13. The van der Waals surface area contributed by atoms with E-state index >= 15 is 0 Å². The van der Waals surface area contributed by atoms with Gasteiger partial charge in [-0.1, -0.05) is 72.3 Å². The van der Waals surface area contributed by atoms with Crippen molar-refractivity contribution >= 4 is 70.3 Å². The van der Waals surface area contributed by atoms with Crippen LogP contribution < -0.4 is 28.6 Å². The molecule has 1 amide bonds. The van der Waals surface area contributed by atoms with E-state index in [1.54, 1.807) is 92.6 Å². The van der Waals surface area contributed by atoms with Crippen molar-refractivity contribution < 1.29 is 88.3 Å². The molecule has 9 aromatic rings. The first-order valence-electron chi connectivity index (χ1n) is 36.8. The lowest BCUT2D eigenvalue weighted by atomic mass is 9.53. The predicted molar refractivity (Wildman–Crippen MR) is 423 cm³/mol. The minimum atomic E-state index is -1.51. The number of rotatable bonds is 20. The van der Waals surface area contributed by atoms with Crippen LogP contribution in [-0.2, 0) is 45.9 Å². The van der Waals surface area contributed by atoms with Gasteiger partial charge in [0.15, 0.2) is 28.1 Å². The van der Waals surface area contributed by atoms with E-state index in [1.807, 2.05) is 36.5 Å². The second kappa shape index (κ2) is 34.1. The number of para-hydroxylation sites is 1. The molecule has 18 rings (SSSR count). The number of amides is 1. The molecule has 8 aliphatic heterocycles. The van der Waals surface area contributed by atoms with Crippen LogP contribution in [0.4, 0.5) is 23.1 Å². The molecule has 4 aromatic heterocycles. The normalized spacial score (nSPS) is 23.6. The third kappa shape index (κ3) is 15.0. The van der Waals surface area contributed by atoms with Gasteiger partial charge in [0.2, 0.25) is 24.9 Å². The van der Waals surface area contributed by atoms with Gasteiger partial charge >= 0.3 is 35.4 Å². The number of nitro groups is 3. The number of benzene rings is 5. The van der Waals surface area contributed by atoms with E-state index in [1.165, 1.54) is 74.2 Å². The molecule has 1 saturated carbocycles. The van der Waals surface area contributed by atoms with Crippen LogP contribution in [0.15, 0.2) is 183 Å². The molecule has 1 spiro atoms. The molecule has 6 N–H and O–H groups in total. The average molecular weight is 1620 g/mol. The number of hydrogen-bond donors (Lipinski definition) is 4. The van der Waals surface area contributed by atoms with Crippen molar-refractivity contribution in [3.63, 3.8) is 0 Å². The van der Waals surface area contributed by atoms with Crippen LogP contribution in [0.5, 0.6) is 28.7 Å². The number of aliphatic hydroxyl groups excluding tert-OH is 1. The Morgan fingerprint density at radius 3 is 1.57 bits per heavy atom. The quantitative estimate of drug-likeness (QED) is 0.0313. The van der Waals surface area contributed by atoms with Gasteiger partial charge in [-0.05, 0) is 189 Å². The third-order valence-electron chi connectivity index (χ3n) is 24.4. The fourth-order valence-electron chi connectivity index (χ4n) is 18.0. The maximum absolute atomic E-state index is 13.5. The Balaban J connectivity index is 0.000000143. The van der Waals surface area contributed by atoms with E-state index in [0.29, 0.717) is 82.4 Å². The van der Waals surface area contributed by atoms with E-state index < -0.39 is 72.9 Å². The highest BCUT2D eigenvalue weighted by atomic mass is 35.5. The third-order valence-corrected chi connectivity index (χ3v) is 24.4. The van der Waals surface area contributed by atoms with Gasteiger partial charge < -0.3 is 89.6 Å². The summed E-state index contributed by atoms with van der Waals surface area (Å²) in [5.41, 5.74) is 2.64. The van der Waals surface area contributed by atoms with Crippen molar-refractivity contribution in [1.82, 2.24) is 43.4 Å². The first-order valence-corrected chi connectivity index (χ1v) is 36.8. The summed E-state index contributed by atoms with van der Waals surface area (Å²) >= 11 is 0. The molecule has 612 valence electrons. The van der Waals surface area contributed by atoms with Crippen molar-refractivity contribution in [2.24, 2.45) is 23.7 Å². The molecular weight excluding hydrogens is 1530 g/mol. The Morgan fingerprint density at radius 2 is 1.14 bits per heavy atom. The zero-order valence-electron chi connectivity index (χ0n) is 64.7. The average Bonchev–Trinajstić information content (AvgIpc) is 1.49. The van der Waals surface area contributed by atoms with Gasteiger partial charge in [0.1, 0.15) is 35.8 Å².